The fraction of sp³-hybridized carbons (Fsp3) is 0.133. The van der Waals surface area contributed by atoms with Crippen molar-refractivity contribution in [3.63, 3.8) is 0 Å². The number of hydrazine groups is 1. The molecule has 1 aromatic carbocycles. The quantitative estimate of drug-likeness (QED) is 0.656. The summed E-state index contributed by atoms with van der Waals surface area (Å²) in [6, 6.07) is 8.47. The number of amides is 2. The molecule has 2 aromatic rings. The Morgan fingerprint density at radius 1 is 1.00 bits per heavy atom. The maximum Gasteiger partial charge on any atom is 0.279 e. The Kier molecular flexibility index (Phi) is 5.37. The molecule has 0 bridgehead atoms. The first kappa shape index (κ1) is 15.8. The number of Topliss-reactive ketones (excluding diaryl/α,β-unsaturated/α-hetero) is 1. The van der Waals surface area contributed by atoms with E-state index >= 15 is 0 Å². The number of nitrogens with one attached hydrogen (secondary N) is 2. The molecule has 0 fully saturated rings. The molecule has 0 aliphatic carbocycles. The molecule has 1 aromatic heterocycles. The second-order valence-corrected chi connectivity index (χ2v) is 5.36. The van der Waals surface area contributed by atoms with Gasteiger partial charge in [0.25, 0.3) is 5.91 Å². The summed E-state index contributed by atoms with van der Waals surface area (Å²) in [4.78, 5) is 35.4. The molecule has 0 aliphatic heterocycles. The number of benzene rings is 1. The van der Waals surface area contributed by atoms with Crippen LogP contribution in [0.4, 0.5) is 4.39 Å². The first-order valence-electron chi connectivity index (χ1n) is 6.47. The molecule has 0 saturated heterocycles. The van der Waals surface area contributed by atoms with E-state index in [9.17, 15) is 18.8 Å². The maximum atomic E-state index is 12.7. The largest absolute Gasteiger partial charge is 0.294 e. The van der Waals surface area contributed by atoms with E-state index < -0.39 is 17.6 Å². The van der Waals surface area contributed by atoms with E-state index in [-0.39, 0.29) is 18.6 Å². The van der Waals surface area contributed by atoms with E-state index in [0.29, 0.717) is 10.4 Å². The van der Waals surface area contributed by atoms with E-state index in [0.717, 1.165) is 0 Å². The third-order valence-electron chi connectivity index (χ3n) is 2.81. The van der Waals surface area contributed by atoms with Crippen molar-refractivity contribution in [3.8, 4) is 0 Å². The fourth-order valence-corrected chi connectivity index (χ4v) is 2.28. The summed E-state index contributed by atoms with van der Waals surface area (Å²) in [6.45, 7) is 0. The van der Waals surface area contributed by atoms with Gasteiger partial charge >= 0.3 is 0 Å². The Balaban J connectivity index is 1.74. The number of carbonyl (C=O) groups is 3. The van der Waals surface area contributed by atoms with Crippen molar-refractivity contribution in [1.29, 1.82) is 0 Å². The fourth-order valence-electron chi connectivity index (χ4n) is 1.67. The molecule has 2 rings (SSSR count). The van der Waals surface area contributed by atoms with Crippen molar-refractivity contribution in [2.45, 2.75) is 12.8 Å². The second-order valence-electron chi connectivity index (χ2n) is 4.41. The van der Waals surface area contributed by atoms with Crippen molar-refractivity contribution in [2.24, 2.45) is 0 Å². The lowest BCUT2D eigenvalue weighted by Crippen LogP contribution is -2.41. The van der Waals surface area contributed by atoms with Gasteiger partial charge < -0.3 is 0 Å². The van der Waals surface area contributed by atoms with Gasteiger partial charge in [0.2, 0.25) is 5.91 Å². The summed E-state index contributed by atoms with van der Waals surface area (Å²) < 4.78 is 12.7. The van der Waals surface area contributed by atoms with E-state index in [4.69, 9.17) is 0 Å². The van der Waals surface area contributed by atoms with Crippen molar-refractivity contribution in [2.75, 3.05) is 0 Å². The Morgan fingerprint density at radius 3 is 2.36 bits per heavy atom. The van der Waals surface area contributed by atoms with Crippen LogP contribution in [0.1, 0.15) is 32.9 Å². The van der Waals surface area contributed by atoms with Crippen molar-refractivity contribution in [3.05, 3.63) is 58.0 Å². The maximum absolute atomic E-state index is 12.7. The summed E-state index contributed by atoms with van der Waals surface area (Å²) in [7, 11) is 0. The SMILES string of the molecule is O=C(CCC(=O)c1ccc(F)cc1)NNC(=O)c1cccs1. The van der Waals surface area contributed by atoms with Crippen LogP contribution < -0.4 is 10.9 Å². The predicted molar refractivity (Wildman–Crippen MR) is 79.9 cm³/mol. The van der Waals surface area contributed by atoms with Gasteiger partial charge in [-0.25, -0.2) is 4.39 Å². The molecular weight excluding hydrogens is 307 g/mol. The average Bonchev–Trinajstić information content (AvgIpc) is 3.05. The summed E-state index contributed by atoms with van der Waals surface area (Å²) in [5.41, 5.74) is 4.85. The van der Waals surface area contributed by atoms with Gasteiger partial charge in [0.15, 0.2) is 5.78 Å². The van der Waals surface area contributed by atoms with E-state index in [1.54, 1.807) is 17.5 Å². The molecule has 0 saturated carbocycles. The Bertz CT molecular complexity index is 669. The van der Waals surface area contributed by atoms with Crippen LogP contribution in [0.15, 0.2) is 41.8 Å². The smallest absolute Gasteiger partial charge is 0.279 e. The molecule has 2 amide bonds. The molecule has 0 aliphatic rings. The number of ketones is 1. The minimum atomic E-state index is -0.472. The van der Waals surface area contributed by atoms with Crippen molar-refractivity contribution in [1.82, 2.24) is 10.9 Å². The van der Waals surface area contributed by atoms with E-state index in [1.165, 1.54) is 35.6 Å². The number of carbonyl (C=O) groups excluding carboxylic acids is 3. The number of halogens is 1. The highest BCUT2D eigenvalue weighted by molar-refractivity contribution is 7.12. The molecule has 7 heteroatoms. The lowest BCUT2D eigenvalue weighted by atomic mass is 10.1. The van der Waals surface area contributed by atoms with Gasteiger partial charge in [-0.3, -0.25) is 25.2 Å². The molecule has 2 N–H and O–H groups in total. The standard InChI is InChI=1S/C15H13FN2O3S/c16-11-5-3-10(4-6-11)12(19)7-8-14(20)17-18-15(21)13-2-1-9-22-13/h1-6,9H,7-8H2,(H,17,20)(H,18,21). The summed E-state index contributed by atoms with van der Waals surface area (Å²) in [5, 5.41) is 1.75. The van der Waals surface area contributed by atoms with Crippen LogP contribution in [0.5, 0.6) is 0 Å². The van der Waals surface area contributed by atoms with Gasteiger partial charge in [0, 0.05) is 18.4 Å². The highest BCUT2D eigenvalue weighted by atomic mass is 32.1. The van der Waals surface area contributed by atoms with Crippen LogP contribution in [0.3, 0.4) is 0 Å². The second kappa shape index (κ2) is 7.46. The van der Waals surface area contributed by atoms with E-state index in [1.807, 2.05) is 0 Å². The Hall–Kier alpha value is -2.54. The lowest BCUT2D eigenvalue weighted by Gasteiger charge is -2.06. The lowest BCUT2D eigenvalue weighted by molar-refractivity contribution is -0.121. The minimum Gasteiger partial charge on any atom is -0.294 e. The van der Waals surface area contributed by atoms with Gasteiger partial charge in [-0.1, -0.05) is 6.07 Å². The van der Waals surface area contributed by atoms with E-state index in [2.05, 4.69) is 10.9 Å². The zero-order valence-electron chi connectivity index (χ0n) is 11.5. The van der Waals surface area contributed by atoms with Gasteiger partial charge in [-0.2, -0.15) is 0 Å². The molecule has 1 heterocycles. The van der Waals surface area contributed by atoms with Crippen LogP contribution in [0, 0.1) is 5.82 Å². The topological polar surface area (TPSA) is 75.3 Å². The first-order valence-corrected chi connectivity index (χ1v) is 7.35. The van der Waals surface area contributed by atoms with Crippen LogP contribution in [-0.2, 0) is 4.79 Å². The molecule has 0 spiro atoms. The normalized spacial score (nSPS) is 10.0. The zero-order chi connectivity index (χ0) is 15.9. The van der Waals surface area contributed by atoms with Crippen LogP contribution >= 0.6 is 11.3 Å². The van der Waals surface area contributed by atoms with Crippen molar-refractivity contribution < 1.29 is 18.8 Å². The van der Waals surface area contributed by atoms with Gasteiger partial charge in [-0.05, 0) is 35.7 Å². The first-order chi connectivity index (χ1) is 10.6. The highest BCUT2D eigenvalue weighted by Crippen LogP contribution is 2.08. The number of hydrogen-bond acceptors (Lipinski definition) is 4. The third-order valence-corrected chi connectivity index (χ3v) is 3.67. The van der Waals surface area contributed by atoms with Gasteiger partial charge in [0.1, 0.15) is 5.82 Å². The molecule has 22 heavy (non-hydrogen) atoms. The molecule has 0 atom stereocenters. The Labute approximate surface area is 130 Å². The van der Waals surface area contributed by atoms with Crippen molar-refractivity contribution >= 4 is 28.9 Å². The molecule has 0 radical (unpaired) electrons. The van der Waals surface area contributed by atoms with Gasteiger partial charge in [0.05, 0.1) is 4.88 Å². The minimum absolute atomic E-state index is 0.0215. The average molecular weight is 320 g/mol. The summed E-state index contributed by atoms with van der Waals surface area (Å²) in [5.74, 6) is -1.57. The molecular formula is C15H13FN2O3S. The van der Waals surface area contributed by atoms with Crippen LogP contribution in [0.2, 0.25) is 0 Å². The molecule has 0 unspecified atom stereocenters. The number of rotatable bonds is 5. The zero-order valence-corrected chi connectivity index (χ0v) is 12.3. The third kappa shape index (κ3) is 4.49. The highest BCUT2D eigenvalue weighted by Gasteiger charge is 2.11. The monoisotopic (exact) mass is 320 g/mol. The predicted octanol–water partition coefficient (Wildman–Crippen LogP) is 2.31. The summed E-state index contributed by atoms with van der Waals surface area (Å²) in [6.07, 6.45) is -0.0900. The summed E-state index contributed by atoms with van der Waals surface area (Å²) >= 11 is 1.25. The van der Waals surface area contributed by atoms with Crippen LogP contribution in [0.25, 0.3) is 0 Å². The number of thiophene rings is 1. The molecule has 114 valence electrons. The van der Waals surface area contributed by atoms with Gasteiger partial charge in [-0.15, -0.1) is 11.3 Å². The number of hydrogen-bond donors (Lipinski definition) is 2. The molecule has 5 nitrogen and oxygen atoms in total. The Morgan fingerprint density at radius 2 is 1.73 bits per heavy atom. The van der Waals surface area contributed by atoms with Crippen LogP contribution in [-0.4, -0.2) is 17.6 Å².